The monoisotopic (exact) mass is 286 g/mol. The van der Waals surface area contributed by atoms with E-state index in [0.29, 0.717) is 5.92 Å². The summed E-state index contributed by atoms with van der Waals surface area (Å²) in [4.78, 5) is 2.39. The van der Waals surface area contributed by atoms with Crippen LogP contribution in [0.25, 0.3) is 0 Å². The van der Waals surface area contributed by atoms with Crippen LogP contribution >= 0.6 is 0 Å². The van der Waals surface area contributed by atoms with Crippen molar-refractivity contribution >= 4 is 0 Å². The molecule has 0 bridgehead atoms. The third-order valence-electron chi connectivity index (χ3n) is 5.01. The molecule has 5 nitrogen and oxygen atoms in total. The van der Waals surface area contributed by atoms with Crippen LogP contribution in [0.3, 0.4) is 0 Å². The number of nitrogens with two attached hydrogens (primary N) is 1. The van der Waals surface area contributed by atoms with Crippen molar-refractivity contribution in [3.63, 3.8) is 0 Å². The Labute approximate surface area is 122 Å². The summed E-state index contributed by atoms with van der Waals surface area (Å²) >= 11 is 0. The molecule has 4 unspecified atom stereocenters. The minimum absolute atomic E-state index is 0.0417. The molecule has 2 saturated heterocycles. The zero-order valence-electron chi connectivity index (χ0n) is 13.7. The molecule has 0 aromatic heterocycles. The number of likely N-dealkylation sites (tertiary alicyclic amines) is 1. The van der Waals surface area contributed by atoms with Gasteiger partial charge in [0.2, 0.25) is 0 Å². The molecule has 2 aliphatic heterocycles. The van der Waals surface area contributed by atoms with Crippen LogP contribution in [0.5, 0.6) is 0 Å². The maximum Gasteiger partial charge on any atom is 0.0971 e. The van der Waals surface area contributed by atoms with Crippen molar-refractivity contribution in [2.24, 2.45) is 11.7 Å². The number of ether oxygens (including phenoxy) is 3. The van der Waals surface area contributed by atoms with Gasteiger partial charge in [-0.25, -0.2) is 0 Å². The van der Waals surface area contributed by atoms with Gasteiger partial charge in [-0.15, -0.1) is 0 Å². The van der Waals surface area contributed by atoms with Crippen LogP contribution in [-0.4, -0.2) is 68.2 Å². The maximum atomic E-state index is 6.43. The molecule has 2 N–H and O–H groups in total. The fourth-order valence-electron chi connectivity index (χ4n) is 3.77. The molecule has 4 atom stereocenters. The lowest BCUT2D eigenvalue weighted by Gasteiger charge is -2.31. The molecule has 0 aromatic carbocycles. The van der Waals surface area contributed by atoms with E-state index >= 15 is 0 Å². The van der Waals surface area contributed by atoms with Crippen molar-refractivity contribution in [1.29, 1.82) is 0 Å². The summed E-state index contributed by atoms with van der Waals surface area (Å²) in [5, 5.41) is 0. The second-order valence-electron chi connectivity index (χ2n) is 7.21. The highest BCUT2D eigenvalue weighted by Crippen LogP contribution is 2.41. The van der Waals surface area contributed by atoms with E-state index in [0.717, 1.165) is 19.6 Å². The lowest BCUT2D eigenvalue weighted by molar-refractivity contribution is -0.0783. The predicted octanol–water partition coefficient (Wildman–Crippen LogP) is 0.863. The predicted molar refractivity (Wildman–Crippen MR) is 78.7 cm³/mol. The highest BCUT2D eigenvalue weighted by molar-refractivity contribution is 5.05. The Hall–Kier alpha value is -0.200. The topological polar surface area (TPSA) is 57.0 Å². The first kappa shape index (κ1) is 16.2. The fourth-order valence-corrected chi connectivity index (χ4v) is 3.77. The van der Waals surface area contributed by atoms with Crippen LogP contribution in [0.1, 0.15) is 27.7 Å². The maximum absolute atomic E-state index is 6.43. The van der Waals surface area contributed by atoms with Gasteiger partial charge in [0.15, 0.2) is 0 Å². The highest BCUT2D eigenvalue weighted by atomic mass is 16.5. The molecule has 118 valence electrons. The Morgan fingerprint density at radius 1 is 1.05 bits per heavy atom. The van der Waals surface area contributed by atoms with Crippen molar-refractivity contribution in [2.45, 2.75) is 57.1 Å². The van der Waals surface area contributed by atoms with E-state index in [9.17, 15) is 0 Å². The van der Waals surface area contributed by atoms with Gasteiger partial charge in [-0.05, 0) is 27.7 Å². The number of nitrogens with zero attached hydrogens (tertiary/aromatic N) is 1. The van der Waals surface area contributed by atoms with Crippen LogP contribution < -0.4 is 5.73 Å². The largest absolute Gasteiger partial charge is 0.377 e. The molecule has 20 heavy (non-hydrogen) atoms. The zero-order chi connectivity index (χ0) is 15.1. The van der Waals surface area contributed by atoms with Gasteiger partial charge in [0.25, 0.3) is 0 Å². The number of hydrogen-bond donors (Lipinski definition) is 1. The molecular weight excluding hydrogens is 256 g/mol. The summed E-state index contributed by atoms with van der Waals surface area (Å²) < 4.78 is 17.2. The van der Waals surface area contributed by atoms with Gasteiger partial charge >= 0.3 is 0 Å². The minimum atomic E-state index is -0.269. The van der Waals surface area contributed by atoms with Crippen molar-refractivity contribution in [3.05, 3.63) is 0 Å². The van der Waals surface area contributed by atoms with E-state index in [4.69, 9.17) is 19.9 Å². The summed E-state index contributed by atoms with van der Waals surface area (Å²) in [5.41, 5.74) is 5.96. The summed E-state index contributed by atoms with van der Waals surface area (Å²) in [6.07, 6.45) is 0.296. The molecule has 0 amide bonds. The lowest BCUT2D eigenvalue weighted by Crippen LogP contribution is -2.48. The minimum Gasteiger partial charge on any atom is -0.377 e. The molecule has 2 heterocycles. The summed E-state index contributed by atoms with van der Waals surface area (Å²) in [5.74, 6) is 0.311. The van der Waals surface area contributed by atoms with E-state index in [1.54, 1.807) is 14.2 Å². The second kappa shape index (κ2) is 5.54. The first-order valence-electron chi connectivity index (χ1n) is 7.45. The molecule has 0 aromatic rings. The van der Waals surface area contributed by atoms with E-state index in [1.807, 2.05) is 0 Å². The third-order valence-corrected chi connectivity index (χ3v) is 5.01. The molecule has 0 radical (unpaired) electrons. The Morgan fingerprint density at radius 2 is 1.55 bits per heavy atom. The summed E-state index contributed by atoms with van der Waals surface area (Å²) in [6, 6.07) is 0.0417. The molecule has 2 rings (SSSR count). The number of rotatable bonds is 4. The number of hydrogen-bond acceptors (Lipinski definition) is 5. The smallest absolute Gasteiger partial charge is 0.0971 e. The molecule has 0 aliphatic carbocycles. The van der Waals surface area contributed by atoms with Crippen molar-refractivity contribution in [1.82, 2.24) is 4.90 Å². The third kappa shape index (κ3) is 2.88. The van der Waals surface area contributed by atoms with Crippen molar-refractivity contribution in [2.75, 3.05) is 33.9 Å². The normalized spacial score (nSPS) is 40.4. The summed E-state index contributed by atoms with van der Waals surface area (Å²) in [7, 11) is 3.50. The van der Waals surface area contributed by atoms with Crippen LogP contribution in [0, 0.1) is 5.92 Å². The molecule has 2 aliphatic rings. The van der Waals surface area contributed by atoms with E-state index in [1.165, 1.54) is 0 Å². The SMILES string of the molecule is COC1CN(CC2C(N)C(C)(C)OC2(C)C)CC1OC. The van der Waals surface area contributed by atoms with Crippen molar-refractivity contribution in [3.8, 4) is 0 Å². The lowest BCUT2D eigenvalue weighted by atomic mass is 9.83. The standard InChI is InChI=1S/C15H30N2O3/c1-14(2)10(13(16)15(3,4)20-14)7-17-8-11(18-5)12(9-17)19-6/h10-13H,7-9,16H2,1-6H3. The van der Waals surface area contributed by atoms with Gasteiger partial charge in [-0.3, -0.25) is 4.90 Å². The Bertz CT molecular complexity index is 334. The van der Waals surface area contributed by atoms with Gasteiger partial charge in [0.1, 0.15) is 0 Å². The van der Waals surface area contributed by atoms with E-state index in [2.05, 4.69) is 32.6 Å². The molecule has 2 fully saturated rings. The van der Waals surface area contributed by atoms with Gasteiger partial charge < -0.3 is 19.9 Å². The van der Waals surface area contributed by atoms with Crippen molar-refractivity contribution < 1.29 is 14.2 Å². The average Bonchev–Trinajstić information content (AvgIpc) is 2.81. The van der Waals surface area contributed by atoms with Crippen LogP contribution in [-0.2, 0) is 14.2 Å². The Morgan fingerprint density at radius 3 is 1.90 bits per heavy atom. The van der Waals surface area contributed by atoms with Gasteiger partial charge in [-0.2, -0.15) is 0 Å². The van der Waals surface area contributed by atoms with Crippen LogP contribution in [0.2, 0.25) is 0 Å². The second-order valence-corrected chi connectivity index (χ2v) is 7.21. The number of methoxy groups -OCH3 is 2. The van der Waals surface area contributed by atoms with Gasteiger partial charge in [0.05, 0.1) is 23.4 Å². The first-order chi connectivity index (χ1) is 9.21. The van der Waals surface area contributed by atoms with Gasteiger partial charge in [0, 0.05) is 45.8 Å². The van der Waals surface area contributed by atoms with Crippen LogP contribution in [0.15, 0.2) is 0 Å². The molecule has 5 heteroatoms. The fraction of sp³-hybridized carbons (Fsp3) is 1.00. The molecular formula is C15H30N2O3. The molecule has 0 spiro atoms. The average molecular weight is 286 g/mol. The molecule has 0 saturated carbocycles. The quantitative estimate of drug-likeness (QED) is 0.831. The Balaban J connectivity index is 2.03. The zero-order valence-corrected chi connectivity index (χ0v) is 13.7. The highest BCUT2D eigenvalue weighted by Gasteiger charge is 2.53. The first-order valence-corrected chi connectivity index (χ1v) is 7.45. The Kier molecular flexibility index (Phi) is 4.48. The summed E-state index contributed by atoms with van der Waals surface area (Å²) in [6.45, 7) is 11.2. The van der Waals surface area contributed by atoms with E-state index < -0.39 is 0 Å². The van der Waals surface area contributed by atoms with E-state index in [-0.39, 0.29) is 29.5 Å². The van der Waals surface area contributed by atoms with Gasteiger partial charge in [-0.1, -0.05) is 0 Å². The van der Waals surface area contributed by atoms with Crippen LogP contribution in [0.4, 0.5) is 0 Å².